The SMILES string of the molecule is CCCC(=O)Oc1cc(F)cc(OC)c1OC. The Labute approximate surface area is 99.3 Å². The fraction of sp³-hybridized carbons (Fsp3) is 0.417. The average Bonchev–Trinajstić information content (AvgIpc) is 2.28. The minimum absolute atomic E-state index is 0.0304. The zero-order valence-electron chi connectivity index (χ0n) is 10.1. The van der Waals surface area contributed by atoms with E-state index in [1.54, 1.807) is 0 Å². The Kier molecular flexibility index (Phi) is 4.75. The summed E-state index contributed by atoms with van der Waals surface area (Å²) in [4.78, 5) is 11.4. The molecule has 5 heteroatoms. The van der Waals surface area contributed by atoms with Crippen LogP contribution in [0.5, 0.6) is 17.2 Å². The fourth-order valence-electron chi connectivity index (χ4n) is 1.35. The lowest BCUT2D eigenvalue weighted by Crippen LogP contribution is -2.08. The molecule has 1 rings (SSSR count). The molecule has 4 nitrogen and oxygen atoms in total. The maximum Gasteiger partial charge on any atom is 0.311 e. The monoisotopic (exact) mass is 242 g/mol. The Morgan fingerprint density at radius 3 is 2.41 bits per heavy atom. The summed E-state index contributed by atoms with van der Waals surface area (Å²) in [5.41, 5.74) is 0. The van der Waals surface area contributed by atoms with Gasteiger partial charge in [0.25, 0.3) is 0 Å². The second-order valence-electron chi connectivity index (χ2n) is 3.36. The first-order valence-corrected chi connectivity index (χ1v) is 5.24. The van der Waals surface area contributed by atoms with E-state index in [-0.39, 0.29) is 23.7 Å². The first-order valence-electron chi connectivity index (χ1n) is 5.24. The van der Waals surface area contributed by atoms with Crippen molar-refractivity contribution in [2.75, 3.05) is 14.2 Å². The normalized spacial score (nSPS) is 9.88. The van der Waals surface area contributed by atoms with Crippen molar-refractivity contribution in [3.8, 4) is 17.2 Å². The molecule has 0 unspecified atom stereocenters. The minimum Gasteiger partial charge on any atom is -0.493 e. The van der Waals surface area contributed by atoms with E-state index in [0.717, 1.165) is 12.1 Å². The molecule has 0 bridgehead atoms. The Morgan fingerprint density at radius 2 is 1.88 bits per heavy atom. The molecule has 0 atom stereocenters. The highest BCUT2D eigenvalue weighted by atomic mass is 19.1. The van der Waals surface area contributed by atoms with Crippen LogP contribution >= 0.6 is 0 Å². The Morgan fingerprint density at radius 1 is 1.24 bits per heavy atom. The zero-order chi connectivity index (χ0) is 12.8. The lowest BCUT2D eigenvalue weighted by atomic mass is 10.2. The molecule has 0 amide bonds. The molecule has 94 valence electrons. The van der Waals surface area contributed by atoms with Crippen LogP contribution in [0.25, 0.3) is 0 Å². The van der Waals surface area contributed by atoms with Crippen LogP contribution in [-0.2, 0) is 4.79 Å². The van der Waals surface area contributed by atoms with Crippen LogP contribution in [0.2, 0.25) is 0 Å². The van der Waals surface area contributed by atoms with Crippen LogP contribution in [-0.4, -0.2) is 20.2 Å². The molecule has 0 aliphatic heterocycles. The number of carbonyl (C=O) groups excluding carboxylic acids is 1. The molecule has 1 aromatic carbocycles. The molecule has 0 N–H and O–H groups in total. The van der Waals surface area contributed by atoms with Gasteiger partial charge in [-0.25, -0.2) is 4.39 Å². The molecule has 17 heavy (non-hydrogen) atoms. The Balaban J connectivity index is 3.04. The van der Waals surface area contributed by atoms with Gasteiger partial charge < -0.3 is 14.2 Å². The van der Waals surface area contributed by atoms with Gasteiger partial charge in [-0.05, 0) is 6.42 Å². The maximum absolute atomic E-state index is 13.2. The Hall–Kier alpha value is -1.78. The fourth-order valence-corrected chi connectivity index (χ4v) is 1.35. The van der Waals surface area contributed by atoms with Crippen LogP contribution in [0.15, 0.2) is 12.1 Å². The molecule has 0 aliphatic rings. The number of rotatable bonds is 5. The van der Waals surface area contributed by atoms with Crippen LogP contribution in [0, 0.1) is 5.82 Å². The van der Waals surface area contributed by atoms with Crippen molar-refractivity contribution in [1.29, 1.82) is 0 Å². The van der Waals surface area contributed by atoms with E-state index in [0.29, 0.717) is 6.42 Å². The molecule has 0 saturated carbocycles. The number of ether oxygens (including phenoxy) is 3. The van der Waals surface area contributed by atoms with Crippen LogP contribution in [0.1, 0.15) is 19.8 Å². The van der Waals surface area contributed by atoms with Gasteiger partial charge in [-0.1, -0.05) is 6.92 Å². The topological polar surface area (TPSA) is 44.8 Å². The quantitative estimate of drug-likeness (QED) is 0.588. The summed E-state index contributed by atoms with van der Waals surface area (Å²) in [7, 11) is 2.78. The van der Waals surface area contributed by atoms with Gasteiger partial charge in [-0.15, -0.1) is 0 Å². The number of hydrogen-bond acceptors (Lipinski definition) is 4. The van der Waals surface area contributed by atoms with Crippen LogP contribution < -0.4 is 14.2 Å². The summed E-state index contributed by atoms with van der Waals surface area (Å²) >= 11 is 0. The van der Waals surface area contributed by atoms with E-state index < -0.39 is 11.8 Å². The van der Waals surface area contributed by atoms with E-state index in [2.05, 4.69) is 0 Å². The summed E-state index contributed by atoms with van der Waals surface area (Å²) in [5.74, 6) is -0.562. The molecule has 0 radical (unpaired) electrons. The predicted octanol–water partition coefficient (Wildman–Crippen LogP) is 2.55. The molecule has 0 aromatic heterocycles. The molecular formula is C12H15FO4. The standard InChI is InChI=1S/C12H15FO4/c1-4-5-11(14)17-10-7-8(13)6-9(15-2)12(10)16-3/h6-7H,4-5H2,1-3H3. The van der Waals surface area contributed by atoms with Gasteiger partial charge in [0.05, 0.1) is 14.2 Å². The maximum atomic E-state index is 13.2. The summed E-state index contributed by atoms with van der Waals surface area (Å²) in [5, 5.41) is 0. The van der Waals surface area contributed by atoms with E-state index >= 15 is 0 Å². The molecule has 0 heterocycles. The highest BCUT2D eigenvalue weighted by Crippen LogP contribution is 2.38. The Bertz CT molecular complexity index is 404. The summed E-state index contributed by atoms with van der Waals surface area (Å²) in [6.45, 7) is 1.85. The number of hydrogen-bond donors (Lipinski definition) is 0. The average molecular weight is 242 g/mol. The highest BCUT2D eigenvalue weighted by molar-refractivity contribution is 5.73. The molecule has 1 aromatic rings. The van der Waals surface area contributed by atoms with E-state index in [1.807, 2.05) is 6.92 Å². The first kappa shape index (κ1) is 13.3. The van der Waals surface area contributed by atoms with E-state index in [1.165, 1.54) is 14.2 Å². The molecule has 0 fully saturated rings. The van der Waals surface area contributed by atoms with Crippen molar-refractivity contribution >= 4 is 5.97 Å². The van der Waals surface area contributed by atoms with Gasteiger partial charge in [0.1, 0.15) is 5.82 Å². The highest BCUT2D eigenvalue weighted by Gasteiger charge is 2.16. The van der Waals surface area contributed by atoms with Gasteiger partial charge in [-0.3, -0.25) is 4.79 Å². The van der Waals surface area contributed by atoms with Crippen molar-refractivity contribution in [3.63, 3.8) is 0 Å². The van der Waals surface area contributed by atoms with Gasteiger partial charge in [0.2, 0.25) is 5.75 Å². The van der Waals surface area contributed by atoms with Crippen LogP contribution in [0.4, 0.5) is 4.39 Å². The molecule has 0 saturated heterocycles. The number of benzene rings is 1. The number of methoxy groups -OCH3 is 2. The minimum atomic E-state index is -0.554. The lowest BCUT2D eigenvalue weighted by Gasteiger charge is -2.12. The van der Waals surface area contributed by atoms with Crippen molar-refractivity contribution < 1.29 is 23.4 Å². The first-order chi connectivity index (χ1) is 8.12. The largest absolute Gasteiger partial charge is 0.493 e. The predicted molar refractivity (Wildman–Crippen MR) is 60.0 cm³/mol. The van der Waals surface area contributed by atoms with Gasteiger partial charge in [0, 0.05) is 18.6 Å². The van der Waals surface area contributed by atoms with E-state index in [4.69, 9.17) is 14.2 Å². The van der Waals surface area contributed by atoms with Crippen molar-refractivity contribution in [2.24, 2.45) is 0 Å². The van der Waals surface area contributed by atoms with Crippen molar-refractivity contribution in [1.82, 2.24) is 0 Å². The smallest absolute Gasteiger partial charge is 0.311 e. The third-order valence-corrected chi connectivity index (χ3v) is 2.09. The van der Waals surface area contributed by atoms with Crippen LogP contribution in [0.3, 0.4) is 0 Å². The third-order valence-electron chi connectivity index (χ3n) is 2.09. The lowest BCUT2D eigenvalue weighted by molar-refractivity contribution is -0.134. The second kappa shape index (κ2) is 6.08. The van der Waals surface area contributed by atoms with Crippen molar-refractivity contribution in [2.45, 2.75) is 19.8 Å². The van der Waals surface area contributed by atoms with Gasteiger partial charge >= 0.3 is 5.97 Å². The summed E-state index contributed by atoms with van der Waals surface area (Å²) < 4.78 is 28.2. The number of halogens is 1. The molecular weight excluding hydrogens is 227 g/mol. The zero-order valence-corrected chi connectivity index (χ0v) is 10.1. The second-order valence-corrected chi connectivity index (χ2v) is 3.36. The molecule has 0 spiro atoms. The molecule has 0 aliphatic carbocycles. The third kappa shape index (κ3) is 3.34. The van der Waals surface area contributed by atoms with Gasteiger partial charge in [0.15, 0.2) is 11.5 Å². The van der Waals surface area contributed by atoms with Crippen molar-refractivity contribution in [3.05, 3.63) is 17.9 Å². The number of carbonyl (C=O) groups is 1. The van der Waals surface area contributed by atoms with Gasteiger partial charge in [-0.2, -0.15) is 0 Å². The summed E-state index contributed by atoms with van der Waals surface area (Å²) in [6, 6.07) is 2.25. The number of esters is 1. The summed E-state index contributed by atoms with van der Waals surface area (Å²) in [6.07, 6.45) is 0.926. The van der Waals surface area contributed by atoms with E-state index in [9.17, 15) is 9.18 Å².